The molecule has 32 heavy (non-hydrogen) atoms. The molecule has 3 aromatic rings. The number of methoxy groups -OCH3 is 1. The van der Waals surface area contributed by atoms with Crippen LogP contribution in [0, 0.1) is 17.1 Å². The van der Waals surface area contributed by atoms with E-state index in [1.54, 1.807) is 29.7 Å². The zero-order chi connectivity index (χ0) is 22.7. The van der Waals surface area contributed by atoms with Crippen LogP contribution in [0.3, 0.4) is 0 Å². The summed E-state index contributed by atoms with van der Waals surface area (Å²) in [7, 11) is -2.76. The van der Waals surface area contributed by atoms with Crippen LogP contribution in [0.4, 0.5) is 9.39 Å². The van der Waals surface area contributed by atoms with Crippen molar-refractivity contribution in [1.82, 2.24) is 0 Å². The number of hydrogen-bond acceptors (Lipinski definition) is 7. The number of rotatable bonds is 6. The number of hydrogen-bond donors (Lipinski definition) is 0. The van der Waals surface area contributed by atoms with Gasteiger partial charge >= 0.3 is 10.1 Å². The lowest BCUT2D eigenvalue weighted by molar-refractivity contribution is 0.390. The monoisotopic (exact) mass is 470 g/mol. The summed E-state index contributed by atoms with van der Waals surface area (Å²) in [6.45, 7) is 0. The van der Waals surface area contributed by atoms with Crippen molar-refractivity contribution in [2.24, 2.45) is 4.99 Å². The highest BCUT2D eigenvalue weighted by Gasteiger charge is 2.21. The molecule has 1 heterocycles. The SMILES string of the molecule is COc1cc(C=Nc2sc3c(c2C#N)CCCC3)ccc1OS(=O)(=O)c1ccc(F)cc1. The molecular weight excluding hydrogens is 451 g/mol. The molecular formula is C23H19FN2O4S2. The predicted octanol–water partition coefficient (Wildman–Crippen LogP) is 5.16. The van der Waals surface area contributed by atoms with Crippen LogP contribution in [0.2, 0.25) is 0 Å². The Bertz CT molecular complexity index is 1320. The van der Waals surface area contributed by atoms with Crippen molar-refractivity contribution >= 4 is 32.7 Å². The largest absolute Gasteiger partial charge is 0.493 e. The molecule has 0 spiro atoms. The molecule has 0 atom stereocenters. The Kier molecular flexibility index (Phi) is 6.26. The van der Waals surface area contributed by atoms with Crippen LogP contribution in [0.25, 0.3) is 0 Å². The molecule has 0 unspecified atom stereocenters. The quantitative estimate of drug-likeness (QED) is 0.367. The molecule has 0 bridgehead atoms. The Balaban J connectivity index is 1.59. The van der Waals surface area contributed by atoms with E-state index in [0.717, 1.165) is 55.5 Å². The second-order valence-corrected chi connectivity index (χ2v) is 9.79. The van der Waals surface area contributed by atoms with Gasteiger partial charge in [-0.05, 0) is 79.3 Å². The van der Waals surface area contributed by atoms with Gasteiger partial charge in [0.25, 0.3) is 0 Å². The minimum atomic E-state index is -4.16. The van der Waals surface area contributed by atoms with Crippen LogP contribution in [0.15, 0.2) is 52.4 Å². The van der Waals surface area contributed by atoms with Crippen LogP contribution >= 0.6 is 11.3 Å². The Morgan fingerprint density at radius 1 is 1.12 bits per heavy atom. The molecule has 0 amide bonds. The molecule has 164 valence electrons. The lowest BCUT2D eigenvalue weighted by Crippen LogP contribution is -2.10. The van der Waals surface area contributed by atoms with Crippen LogP contribution in [-0.2, 0) is 23.0 Å². The first-order valence-electron chi connectivity index (χ1n) is 9.88. The molecule has 1 aliphatic rings. The highest BCUT2D eigenvalue weighted by Crippen LogP contribution is 2.39. The van der Waals surface area contributed by atoms with Crippen molar-refractivity contribution in [2.75, 3.05) is 7.11 Å². The number of benzene rings is 2. The Labute approximate surface area is 189 Å². The molecule has 0 aliphatic heterocycles. The van der Waals surface area contributed by atoms with Crippen LogP contribution in [0.5, 0.6) is 11.5 Å². The van der Waals surface area contributed by atoms with Crippen molar-refractivity contribution in [3.8, 4) is 17.6 Å². The van der Waals surface area contributed by atoms with Crippen molar-refractivity contribution in [3.05, 3.63) is 69.8 Å². The van der Waals surface area contributed by atoms with Gasteiger partial charge in [0.15, 0.2) is 11.5 Å². The Hall–Kier alpha value is -3.22. The normalized spacial score (nSPS) is 13.5. The van der Waals surface area contributed by atoms with Gasteiger partial charge in [-0.15, -0.1) is 11.3 Å². The van der Waals surface area contributed by atoms with E-state index in [1.807, 2.05) is 0 Å². The summed E-state index contributed by atoms with van der Waals surface area (Å²) in [4.78, 5) is 5.57. The van der Waals surface area contributed by atoms with E-state index >= 15 is 0 Å². The van der Waals surface area contributed by atoms with E-state index < -0.39 is 15.9 Å². The summed E-state index contributed by atoms with van der Waals surface area (Å²) in [5.41, 5.74) is 2.41. The third-order valence-electron chi connectivity index (χ3n) is 5.08. The number of thiophene rings is 1. The van der Waals surface area contributed by atoms with Gasteiger partial charge in [-0.3, -0.25) is 0 Å². The third-order valence-corrected chi connectivity index (χ3v) is 7.53. The van der Waals surface area contributed by atoms with Gasteiger partial charge in [-0.25, -0.2) is 9.38 Å². The second-order valence-electron chi connectivity index (χ2n) is 7.16. The summed E-state index contributed by atoms with van der Waals surface area (Å²) in [5, 5.41) is 10.2. The third kappa shape index (κ3) is 4.52. The first-order valence-corrected chi connectivity index (χ1v) is 12.1. The smallest absolute Gasteiger partial charge is 0.339 e. The van der Waals surface area contributed by atoms with Crippen LogP contribution < -0.4 is 8.92 Å². The fourth-order valence-corrected chi connectivity index (χ4v) is 5.61. The maximum absolute atomic E-state index is 13.1. The minimum absolute atomic E-state index is 0.00160. The average molecular weight is 471 g/mol. The molecule has 0 saturated carbocycles. The van der Waals surface area contributed by atoms with Crippen molar-refractivity contribution in [2.45, 2.75) is 30.6 Å². The molecule has 0 radical (unpaired) electrons. The van der Waals surface area contributed by atoms with E-state index in [9.17, 15) is 18.1 Å². The van der Waals surface area contributed by atoms with Crippen molar-refractivity contribution in [3.63, 3.8) is 0 Å². The van der Waals surface area contributed by atoms with Crippen molar-refractivity contribution < 1.29 is 21.7 Å². The molecule has 6 nitrogen and oxygen atoms in total. The first-order chi connectivity index (χ1) is 15.4. The molecule has 1 aliphatic carbocycles. The van der Waals surface area contributed by atoms with Crippen LogP contribution in [-0.4, -0.2) is 21.7 Å². The highest BCUT2D eigenvalue weighted by atomic mass is 32.2. The van der Waals surface area contributed by atoms with E-state index in [0.29, 0.717) is 16.1 Å². The lowest BCUT2D eigenvalue weighted by Gasteiger charge is -2.11. The van der Waals surface area contributed by atoms with Gasteiger partial charge in [-0.2, -0.15) is 13.7 Å². The minimum Gasteiger partial charge on any atom is -0.493 e. The number of halogens is 1. The Morgan fingerprint density at radius 2 is 1.88 bits per heavy atom. The number of ether oxygens (including phenoxy) is 1. The average Bonchev–Trinajstić information content (AvgIpc) is 3.16. The second kappa shape index (κ2) is 9.10. The zero-order valence-corrected chi connectivity index (χ0v) is 18.8. The highest BCUT2D eigenvalue weighted by molar-refractivity contribution is 7.87. The molecule has 1 aromatic heterocycles. The zero-order valence-electron chi connectivity index (χ0n) is 17.2. The van der Waals surface area contributed by atoms with E-state index in [1.165, 1.54) is 18.1 Å². The van der Waals surface area contributed by atoms with Crippen molar-refractivity contribution in [1.29, 1.82) is 5.26 Å². The van der Waals surface area contributed by atoms with Gasteiger partial charge in [0, 0.05) is 11.1 Å². The van der Waals surface area contributed by atoms with E-state index in [-0.39, 0.29) is 16.4 Å². The summed E-state index contributed by atoms with van der Waals surface area (Å²) in [6.07, 6.45) is 5.71. The summed E-state index contributed by atoms with van der Waals surface area (Å²) in [6, 6.07) is 11.3. The fourth-order valence-electron chi connectivity index (χ4n) is 3.49. The van der Waals surface area contributed by atoms with Gasteiger partial charge < -0.3 is 8.92 Å². The molecule has 4 rings (SSSR count). The van der Waals surface area contributed by atoms with Gasteiger partial charge in [0.1, 0.15) is 21.8 Å². The summed E-state index contributed by atoms with van der Waals surface area (Å²) in [5.74, 6) is -0.347. The summed E-state index contributed by atoms with van der Waals surface area (Å²) < 4.78 is 48.6. The van der Waals surface area contributed by atoms with Gasteiger partial charge in [-0.1, -0.05) is 0 Å². The number of aryl methyl sites for hydroxylation is 1. The topological polar surface area (TPSA) is 88.8 Å². The predicted molar refractivity (Wildman–Crippen MR) is 120 cm³/mol. The number of aliphatic imine (C=N–C) groups is 1. The number of nitriles is 1. The maximum Gasteiger partial charge on any atom is 0.339 e. The maximum atomic E-state index is 13.1. The van der Waals surface area contributed by atoms with Gasteiger partial charge in [0.05, 0.1) is 12.7 Å². The molecule has 0 saturated heterocycles. The molecule has 0 N–H and O–H groups in total. The number of nitrogens with zero attached hydrogens (tertiary/aromatic N) is 2. The van der Waals surface area contributed by atoms with E-state index in [2.05, 4.69) is 11.1 Å². The molecule has 2 aromatic carbocycles. The van der Waals surface area contributed by atoms with Crippen LogP contribution in [0.1, 0.15) is 34.4 Å². The lowest BCUT2D eigenvalue weighted by atomic mass is 9.96. The molecule has 9 heteroatoms. The Morgan fingerprint density at radius 3 is 2.59 bits per heavy atom. The van der Waals surface area contributed by atoms with E-state index in [4.69, 9.17) is 8.92 Å². The van der Waals surface area contributed by atoms with Gasteiger partial charge in [0.2, 0.25) is 0 Å². The summed E-state index contributed by atoms with van der Waals surface area (Å²) >= 11 is 1.54. The fraction of sp³-hybridized carbons (Fsp3) is 0.217. The standard InChI is InChI=1S/C23H19FN2O4S2/c1-29-21-12-15(14-26-23-19(13-25)18-4-2-3-5-22(18)31-23)6-11-20(21)30-32(27,28)17-9-7-16(24)8-10-17/h6-12,14H,2-5H2,1H3. The first kappa shape index (κ1) is 22.0. The molecule has 0 fully saturated rings. The number of fused-ring (bicyclic) bond motifs is 1.